The topological polar surface area (TPSA) is 85.1 Å². The van der Waals surface area contributed by atoms with Gasteiger partial charge in [0.15, 0.2) is 0 Å². The summed E-state index contributed by atoms with van der Waals surface area (Å²) in [5.74, 6) is 0.521. The Labute approximate surface area is 99.1 Å². The summed E-state index contributed by atoms with van der Waals surface area (Å²) in [4.78, 5) is 3.77. The highest BCUT2D eigenvalue weighted by molar-refractivity contribution is 7.89. The van der Waals surface area contributed by atoms with Crippen LogP contribution in [0.3, 0.4) is 0 Å². The number of rotatable bonds is 3. The number of sulfonamides is 1. The second-order valence-electron chi connectivity index (χ2n) is 3.98. The molecular weight excluding hydrogens is 250 g/mol. The average Bonchev–Trinajstić information content (AvgIpc) is 2.85. The lowest BCUT2D eigenvalue weighted by atomic mass is 10.5. The largest absolute Gasteiger partial charge is 0.382 e. The Hall–Kier alpha value is -0.850. The number of hydrogen-bond donors (Lipinski definition) is 2. The van der Waals surface area contributed by atoms with Crippen molar-refractivity contribution in [3.63, 3.8) is 0 Å². The molecule has 1 aliphatic rings. The molecule has 1 aliphatic carbocycles. The van der Waals surface area contributed by atoms with E-state index in [0.717, 1.165) is 6.42 Å². The molecule has 1 fully saturated rings. The summed E-state index contributed by atoms with van der Waals surface area (Å²) in [5.41, 5.74) is 5.41. The lowest BCUT2D eigenvalue weighted by molar-refractivity contribution is 0.578. The van der Waals surface area contributed by atoms with Crippen LogP contribution in [-0.2, 0) is 10.0 Å². The molecule has 0 aromatic carbocycles. The Kier molecular flexibility index (Phi) is 2.81. The maximum atomic E-state index is 11.8. The second kappa shape index (κ2) is 3.87. The molecule has 88 valence electrons. The van der Waals surface area contributed by atoms with Crippen molar-refractivity contribution in [2.45, 2.75) is 24.3 Å². The number of hydrogen-bond acceptors (Lipinski definition) is 4. The van der Waals surface area contributed by atoms with Gasteiger partial charge in [-0.3, -0.25) is 0 Å². The van der Waals surface area contributed by atoms with Crippen molar-refractivity contribution < 1.29 is 8.42 Å². The van der Waals surface area contributed by atoms with E-state index < -0.39 is 10.0 Å². The Morgan fingerprint density at radius 1 is 1.62 bits per heavy atom. The molecule has 2 atom stereocenters. The van der Waals surface area contributed by atoms with Crippen molar-refractivity contribution in [1.82, 2.24) is 9.71 Å². The van der Waals surface area contributed by atoms with Gasteiger partial charge in [-0.1, -0.05) is 18.5 Å². The molecule has 5 nitrogen and oxygen atoms in total. The smallest absolute Gasteiger partial charge is 0.242 e. The molecule has 0 radical (unpaired) electrons. The first-order valence-electron chi connectivity index (χ1n) is 4.83. The van der Waals surface area contributed by atoms with Crippen molar-refractivity contribution in [2.75, 3.05) is 5.73 Å². The van der Waals surface area contributed by atoms with E-state index in [9.17, 15) is 8.42 Å². The number of anilines is 1. The number of nitrogens with zero attached hydrogens (tertiary/aromatic N) is 1. The molecule has 0 saturated heterocycles. The van der Waals surface area contributed by atoms with Crippen LogP contribution in [0.25, 0.3) is 0 Å². The monoisotopic (exact) mass is 261 g/mol. The lowest BCUT2D eigenvalue weighted by Gasteiger charge is -2.06. The van der Waals surface area contributed by atoms with E-state index in [2.05, 4.69) is 9.71 Å². The predicted molar refractivity (Wildman–Crippen MR) is 61.5 cm³/mol. The summed E-state index contributed by atoms with van der Waals surface area (Å²) in [7, 11) is -3.52. The predicted octanol–water partition coefficient (Wildman–Crippen LogP) is 1.00. The van der Waals surface area contributed by atoms with Crippen LogP contribution in [0.1, 0.15) is 13.3 Å². The van der Waals surface area contributed by atoms with E-state index >= 15 is 0 Å². The fraction of sp³-hybridized carbons (Fsp3) is 0.444. The van der Waals surface area contributed by atoms with Gasteiger partial charge in [0.2, 0.25) is 10.0 Å². The number of halogens is 1. The average molecular weight is 262 g/mol. The minimum atomic E-state index is -3.52. The van der Waals surface area contributed by atoms with Gasteiger partial charge in [0.1, 0.15) is 10.7 Å². The van der Waals surface area contributed by atoms with E-state index in [0.29, 0.717) is 5.92 Å². The van der Waals surface area contributed by atoms with E-state index in [-0.39, 0.29) is 21.8 Å². The number of nitrogens with one attached hydrogen (secondary N) is 1. The molecule has 2 rings (SSSR count). The van der Waals surface area contributed by atoms with Crippen LogP contribution in [0.15, 0.2) is 17.2 Å². The standard InChI is InChI=1S/C9H12ClN3O2S/c1-5-2-8(5)13-16(14,15)6-3-7(10)9(11)12-4-6/h3-5,8,13H,2H2,1H3,(H2,11,12). The highest BCUT2D eigenvalue weighted by atomic mass is 35.5. The quantitative estimate of drug-likeness (QED) is 0.850. The van der Waals surface area contributed by atoms with Gasteiger partial charge in [-0.05, 0) is 18.4 Å². The van der Waals surface area contributed by atoms with Crippen LogP contribution in [0, 0.1) is 5.92 Å². The summed E-state index contributed by atoms with van der Waals surface area (Å²) in [6.07, 6.45) is 2.08. The number of aromatic nitrogens is 1. The van der Waals surface area contributed by atoms with Gasteiger partial charge in [0, 0.05) is 12.2 Å². The third kappa shape index (κ3) is 2.28. The van der Waals surface area contributed by atoms with Crippen molar-refractivity contribution in [1.29, 1.82) is 0 Å². The van der Waals surface area contributed by atoms with Crippen LogP contribution < -0.4 is 10.5 Å². The SMILES string of the molecule is CC1CC1NS(=O)(=O)c1cnc(N)c(Cl)c1. The fourth-order valence-electron chi connectivity index (χ4n) is 1.33. The first kappa shape index (κ1) is 11.6. The van der Waals surface area contributed by atoms with Gasteiger partial charge in [-0.15, -0.1) is 0 Å². The zero-order valence-corrected chi connectivity index (χ0v) is 10.2. The summed E-state index contributed by atoms with van der Waals surface area (Å²) in [6.45, 7) is 1.99. The molecule has 1 saturated carbocycles. The van der Waals surface area contributed by atoms with Crippen molar-refractivity contribution in [3.05, 3.63) is 17.3 Å². The molecule has 7 heteroatoms. The summed E-state index contributed by atoms with van der Waals surface area (Å²) < 4.78 is 26.3. The molecule has 3 N–H and O–H groups in total. The second-order valence-corrected chi connectivity index (χ2v) is 6.10. The molecule has 0 aliphatic heterocycles. The Morgan fingerprint density at radius 2 is 2.25 bits per heavy atom. The molecule has 0 spiro atoms. The highest BCUT2D eigenvalue weighted by Crippen LogP contribution is 2.31. The van der Waals surface area contributed by atoms with Crippen LogP contribution >= 0.6 is 11.6 Å². The number of nitrogen functional groups attached to an aromatic ring is 1. The molecule has 1 aromatic heterocycles. The molecule has 1 heterocycles. The summed E-state index contributed by atoms with van der Waals surface area (Å²) in [5, 5.41) is 0.145. The third-order valence-corrected chi connectivity index (χ3v) is 4.33. The minimum Gasteiger partial charge on any atom is -0.382 e. The lowest BCUT2D eigenvalue weighted by Crippen LogP contribution is -2.27. The van der Waals surface area contributed by atoms with Gasteiger partial charge >= 0.3 is 0 Å². The minimum absolute atomic E-state index is 0.0290. The third-order valence-electron chi connectivity index (χ3n) is 2.57. The maximum absolute atomic E-state index is 11.8. The molecule has 1 aromatic rings. The molecule has 0 bridgehead atoms. The zero-order chi connectivity index (χ0) is 11.9. The van der Waals surface area contributed by atoms with Crippen molar-refractivity contribution in [3.8, 4) is 0 Å². The first-order chi connectivity index (χ1) is 7.40. The normalized spacial score (nSPS) is 24.4. The number of nitrogens with two attached hydrogens (primary N) is 1. The van der Waals surface area contributed by atoms with Gasteiger partial charge < -0.3 is 5.73 Å². The van der Waals surface area contributed by atoms with Gasteiger partial charge in [-0.25, -0.2) is 18.1 Å². The van der Waals surface area contributed by atoms with E-state index in [1.165, 1.54) is 12.3 Å². The molecule has 16 heavy (non-hydrogen) atoms. The van der Waals surface area contributed by atoms with Crippen LogP contribution in [0.2, 0.25) is 5.02 Å². The van der Waals surface area contributed by atoms with Crippen LogP contribution in [-0.4, -0.2) is 19.4 Å². The van der Waals surface area contributed by atoms with Gasteiger partial charge in [0.25, 0.3) is 0 Å². The van der Waals surface area contributed by atoms with Crippen molar-refractivity contribution in [2.24, 2.45) is 5.92 Å². The molecular formula is C9H12ClN3O2S. The van der Waals surface area contributed by atoms with E-state index in [4.69, 9.17) is 17.3 Å². The number of pyridine rings is 1. The van der Waals surface area contributed by atoms with E-state index in [1.807, 2.05) is 6.92 Å². The Balaban J connectivity index is 2.25. The Morgan fingerprint density at radius 3 is 2.75 bits per heavy atom. The van der Waals surface area contributed by atoms with Crippen LogP contribution in [0.4, 0.5) is 5.82 Å². The zero-order valence-electron chi connectivity index (χ0n) is 8.64. The highest BCUT2D eigenvalue weighted by Gasteiger charge is 2.36. The fourth-order valence-corrected chi connectivity index (χ4v) is 2.89. The van der Waals surface area contributed by atoms with Crippen LogP contribution in [0.5, 0.6) is 0 Å². The maximum Gasteiger partial charge on any atom is 0.242 e. The summed E-state index contributed by atoms with van der Waals surface area (Å²) >= 11 is 5.72. The van der Waals surface area contributed by atoms with Gasteiger partial charge in [0.05, 0.1) is 5.02 Å². The molecule has 0 amide bonds. The van der Waals surface area contributed by atoms with Gasteiger partial charge in [-0.2, -0.15) is 0 Å². The molecule has 2 unspecified atom stereocenters. The van der Waals surface area contributed by atoms with E-state index in [1.54, 1.807) is 0 Å². The Bertz CT molecular complexity index is 517. The first-order valence-corrected chi connectivity index (χ1v) is 6.69. The summed E-state index contributed by atoms with van der Waals surface area (Å²) in [6, 6.07) is 1.33. The van der Waals surface area contributed by atoms with Crippen molar-refractivity contribution >= 4 is 27.4 Å².